The molecule has 1 fully saturated rings. The molecule has 2 heterocycles. The lowest BCUT2D eigenvalue weighted by atomic mass is 9.83. The fourth-order valence-electron chi connectivity index (χ4n) is 3.81. The number of hydrogen-bond donors (Lipinski definition) is 0. The van der Waals surface area contributed by atoms with Gasteiger partial charge in [-0.15, -0.1) is 0 Å². The smallest absolute Gasteiger partial charge is 0.358 e. The maximum Gasteiger partial charge on any atom is 0.358 e. The van der Waals surface area contributed by atoms with E-state index in [1.54, 1.807) is 12.1 Å². The van der Waals surface area contributed by atoms with Crippen LogP contribution in [0, 0.1) is 24.2 Å². The lowest BCUT2D eigenvalue weighted by Crippen LogP contribution is -2.26. The minimum atomic E-state index is -2.59. The molecule has 0 N–H and O–H groups in total. The number of aromatic nitrogens is 2. The number of carbonyl (C=O) groups is 1. The first-order chi connectivity index (χ1) is 13.3. The first-order valence-corrected chi connectivity index (χ1v) is 9.81. The molecule has 2 aromatic heterocycles. The van der Waals surface area contributed by atoms with Crippen LogP contribution in [-0.2, 0) is 11.2 Å². The number of imidazole rings is 1. The van der Waals surface area contributed by atoms with Crippen molar-refractivity contribution >= 4 is 11.6 Å². The highest BCUT2D eigenvalue weighted by atomic mass is 19.3. The van der Waals surface area contributed by atoms with Crippen LogP contribution in [0.15, 0.2) is 12.1 Å². The molecule has 0 spiro atoms. The van der Waals surface area contributed by atoms with Crippen molar-refractivity contribution in [3.8, 4) is 6.07 Å². The van der Waals surface area contributed by atoms with E-state index in [-0.39, 0.29) is 24.5 Å². The molecule has 1 saturated carbocycles. The molecule has 0 atom stereocenters. The predicted octanol–water partition coefficient (Wildman–Crippen LogP) is 4.84. The minimum Gasteiger partial charge on any atom is -0.461 e. The summed E-state index contributed by atoms with van der Waals surface area (Å²) in [5.74, 6) is -3.02. The molecule has 28 heavy (non-hydrogen) atoms. The first kappa shape index (κ1) is 20.2. The molecule has 1 aliphatic rings. The molecule has 0 aromatic carbocycles. The molecule has 3 rings (SSSR count). The van der Waals surface area contributed by atoms with Crippen LogP contribution >= 0.6 is 0 Å². The number of rotatable bonds is 6. The predicted molar refractivity (Wildman–Crippen MR) is 100 cm³/mol. The van der Waals surface area contributed by atoms with E-state index in [9.17, 15) is 18.8 Å². The molecule has 1 aliphatic carbocycles. The molecule has 0 saturated heterocycles. The number of pyridine rings is 1. The molecule has 0 amide bonds. The average Bonchev–Trinajstić information content (AvgIpc) is 3.02. The van der Waals surface area contributed by atoms with Crippen molar-refractivity contribution in [2.45, 2.75) is 64.7 Å². The summed E-state index contributed by atoms with van der Waals surface area (Å²) < 4.78 is 34.2. The number of nitrogens with zero attached hydrogens (tertiary/aromatic N) is 3. The van der Waals surface area contributed by atoms with Gasteiger partial charge in [0.05, 0.1) is 23.9 Å². The number of fused-ring (bicyclic) bond motifs is 1. The van der Waals surface area contributed by atoms with Gasteiger partial charge in [0, 0.05) is 18.5 Å². The molecule has 0 unspecified atom stereocenters. The summed E-state index contributed by atoms with van der Waals surface area (Å²) in [7, 11) is 0. The third kappa shape index (κ3) is 4.32. The highest BCUT2D eigenvalue weighted by Crippen LogP contribution is 2.38. The van der Waals surface area contributed by atoms with Crippen LogP contribution < -0.4 is 0 Å². The summed E-state index contributed by atoms with van der Waals surface area (Å²) in [6.07, 6.45) is 2.75. The maximum absolute atomic E-state index is 13.5. The Labute approximate surface area is 163 Å². The third-order valence-electron chi connectivity index (χ3n) is 5.37. The summed E-state index contributed by atoms with van der Waals surface area (Å²) in [6, 6.07) is 5.47. The first-order valence-electron chi connectivity index (χ1n) is 9.81. The van der Waals surface area contributed by atoms with E-state index in [4.69, 9.17) is 4.74 Å². The zero-order valence-electron chi connectivity index (χ0n) is 16.3. The third-order valence-corrected chi connectivity index (χ3v) is 5.37. The molecule has 0 bridgehead atoms. The van der Waals surface area contributed by atoms with Gasteiger partial charge in [0.2, 0.25) is 5.92 Å². The fourth-order valence-corrected chi connectivity index (χ4v) is 3.81. The second-order valence-corrected chi connectivity index (χ2v) is 7.59. The zero-order chi connectivity index (χ0) is 20.3. The van der Waals surface area contributed by atoms with E-state index in [1.165, 1.54) is 0 Å². The quantitative estimate of drug-likeness (QED) is 0.524. The summed E-state index contributed by atoms with van der Waals surface area (Å²) in [4.78, 5) is 17.1. The normalized spacial score (nSPS) is 16.8. The van der Waals surface area contributed by atoms with E-state index >= 15 is 0 Å². The SMILES string of the molecule is CCCCOC(=O)c1nc2cc(C#N)cc(C)n2c1CC1CCC(F)(F)CC1. The van der Waals surface area contributed by atoms with Crippen LogP contribution in [0.3, 0.4) is 0 Å². The molecule has 7 heteroatoms. The number of unbranched alkanes of at least 4 members (excludes halogenated alkanes) is 1. The molecular weight excluding hydrogens is 364 g/mol. The fraction of sp³-hybridized carbons (Fsp3) is 0.571. The topological polar surface area (TPSA) is 67.4 Å². The molecule has 150 valence electrons. The lowest BCUT2D eigenvalue weighted by Gasteiger charge is -2.28. The van der Waals surface area contributed by atoms with Crippen molar-refractivity contribution in [3.05, 3.63) is 34.8 Å². The molecule has 0 radical (unpaired) electrons. The van der Waals surface area contributed by atoms with Gasteiger partial charge in [0.1, 0.15) is 5.65 Å². The van der Waals surface area contributed by atoms with Gasteiger partial charge in [-0.25, -0.2) is 18.6 Å². The highest BCUT2D eigenvalue weighted by Gasteiger charge is 2.36. The van der Waals surface area contributed by atoms with Crippen LogP contribution in [-0.4, -0.2) is 27.9 Å². The van der Waals surface area contributed by atoms with Crippen molar-refractivity contribution in [1.29, 1.82) is 5.26 Å². The van der Waals surface area contributed by atoms with Crippen LogP contribution in [0.1, 0.15) is 72.9 Å². The van der Waals surface area contributed by atoms with Gasteiger partial charge in [-0.05, 0) is 50.7 Å². The molecule has 5 nitrogen and oxygen atoms in total. The number of carbonyl (C=O) groups excluding carboxylic acids is 1. The van der Waals surface area contributed by atoms with Gasteiger partial charge >= 0.3 is 5.97 Å². The van der Waals surface area contributed by atoms with Gasteiger partial charge in [-0.3, -0.25) is 0 Å². The highest BCUT2D eigenvalue weighted by molar-refractivity contribution is 5.90. The maximum atomic E-state index is 13.5. The molecular formula is C21H25F2N3O2. The van der Waals surface area contributed by atoms with Gasteiger partial charge in [0.15, 0.2) is 5.69 Å². The summed E-state index contributed by atoms with van der Waals surface area (Å²) in [5, 5.41) is 9.21. The lowest BCUT2D eigenvalue weighted by molar-refractivity contribution is -0.0457. The summed E-state index contributed by atoms with van der Waals surface area (Å²) in [6.45, 7) is 4.18. The number of hydrogen-bond acceptors (Lipinski definition) is 4. The van der Waals surface area contributed by atoms with E-state index in [2.05, 4.69) is 11.1 Å². The zero-order valence-corrected chi connectivity index (χ0v) is 16.3. The van der Waals surface area contributed by atoms with Crippen LogP contribution in [0.4, 0.5) is 8.78 Å². The average molecular weight is 389 g/mol. The standard InChI is InChI=1S/C21H25F2N3O2/c1-3-4-9-28-20(27)19-17(11-15-5-7-21(22,23)8-6-15)26-14(2)10-16(13-24)12-18(26)25-19/h10,12,15H,3-9,11H2,1-2H3. The van der Waals surface area contributed by atoms with Crippen molar-refractivity contribution in [1.82, 2.24) is 9.38 Å². The van der Waals surface area contributed by atoms with Gasteiger partial charge in [-0.1, -0.05) is 13.3 Å². The number of alkyl halides is 2. The summed E-state index contributed by atoms with van der Waals surface area (Å²) >= 11 is 0. The second-order valence-electron chi connectivity index (χ2n) is 7.59. The van der Waals surface area contributed by atoms with Crippen molar-refractivity contribution < 1.29 is 18.3 Å². The van der Waals surface area contributed by atoms with E-state index in [0.29, 0.717) is 42.8 Å². The Balaban J connectivity index is 1.96. The van der Waals surface area contributed by atoms with Crippen LogP contribution in [0.25, 0.3) is 5.65 Å². The monoisotopic (exact) mass is 389 g/mol. The van der Waals surface area contributed by atoms with E-state index < -0.39 is 11.9 Å². The Hall–Kier alpha value is -2.49. The number of nitriles is 1. The number of ether oxygens (including phenoxy) is 1. The molecule has 0 aliphatic heterocycles. The van der Waals surface area contributed by atoms with Gasteiger partial charge in [-0.2, -0.15) is 5.26 Å². The van der Waals surface area contributed by atoms with Crippen molar-refractivity contribution in [3.63, 3.8) is 0 Å². The Morgan fingerprint density at radius 2 is 2.11 bits per heavy atom. The number of aryl methyl sites for hydroxylation is 1. The molecule has 2 aromatic rings. The second kappa shape index (κ2) is 8.26. The Morgan fingerprint density at radius 1 is 1.39 bits per heavy atom. The van der Waals surface area contributed by atoms with E-state index in [1.807, 2.05) is 18.2 Å². The summed E-state index contributed by atoms with van der Waals surface area (Å²) in [5.41, 5.74) is 2.67. The minimum absolute atomic E-state index is 0.0664. The Morgan fingerprint density at radius 3 is 2.75 bits per heavy atom. The van der Waals surface area contributed by atoms with Crippen LogP contribution in [0.2, 0.25) is 0 Å². The van der Waals surface area contributed by atoms with Gasteiger partial charge in [0.25, 0.3) is 0 Å². The van der Waals surface area contributed by atoms with Gasteiger partial charge < -0.3 is 9.14 Å². The van der Waals surface area contributed by atoms with Crippen molar-refractivity contribution in [2.24, 2.45) is 5.92 Å². The van der Waals surface area contributed by atoms with E-state index in [0.717, 1.165) is 18.5 Å². The number of esters is 1. The largest absolute Gasteiger partial charge is 0.461 e. The van der Waals surface area contributed by atoms with Crippen LogP contribution in [0.5, 0.6) is 0 Å². The Kier molecular flexibility index (Phi) is 5.97. The number of halogens is 2. The Bertz CT molecular complexity index is 904. The van der Waals surface area contributed by atoms with Crippen molar-refractivity contribution in [2.75, 3.05) is 6.61 Å².